The molecule has 2 aliphatic rings. The summed E-state index contributed by atoms with van der Waals surface area (Å²) in [6.07, 6.45) is 1.95. The zero-order chi connectivity index (χ0) is 23.0. The lowest BCUT2D eigenvalue weighted by molar-refractivity contribution is -0.119. The Hall–Kier alpha value is -2.99. The normalized spacial score (nSPS) is 18.5. The van der Waals surface area contributed by atoms with Gasteiger partial charge in [0.25, 0.3) is 0 Å². The molecule has 0 fully saturated rings. The molecule has 1 atom stereocenters. The number of hydrogen-bond acceptors (Lipinski definition) is 5. The number of carbonyl (C=O) groups excluding carboxylic acids is 2. The molecule has 1 amide bonds. The van der Waals surface area contributed by atoms with E-state index in [4.69, 9.17) is 25.8 Å². The Morgan fingerprint density at radius 3 is 2.28 bits per heavy atom. The SMILES string of the molecule is COc1cc(OC)c(C2CC(=O)N(c3ccc(C)c(Cl)c3)C3=C2C(=O)CCC3)cc1OC. The minimum Gasteiger partial charge on any atom is -0.496 e. The largest absolute Gasteiger partial charge is 0.496 e. The second-order valence-electron chi connectivity index (χ2n) is 8.01. The Kier molecular flexibility index (Phi) is 6.15. The molecule has 32 heavy (non-hydrogen) atoms. The molecular weight excluding hydrogens is 430 g/mol. The van der Waals surface area contributed by atoms with E-state index in [1.807, 2.05) is 19.1 Å². The summed E-state index contributed by atoms with van der Waals surface area (Å²) >= 11 is 6.35. The quantitative estimate of drug-likeness (QED) is 0.619. The van der Waals surface area contributed by atoms with Gasteiger partial charge in [-0.2, -0.15) is 0 Å². The Morgan fingerprint density at radius 2 is 1.62 bits per heavy atom. The number of Topliss-reactive ketones (excluding diaryl/α,β-unsaturated/α-hetero) is 1. The highest BCUT2D eigenvalue weighted by Crippen LogP contribution is 2.48. The molecule has 2 aromatic carbocycles. The van der Waals surface area contributed by atoms with Crippen LogP contribution in [0, 0.1) is 6.92 Å². The van der Waals surface area contributed by atoms with E-state index in [2.05, 4.69) is 0 Å². The molecule has 0 saturated heterocycles. The van der Waals surface area contributed by atoms with E-state index in [1.54, 1.807) is 44.4 Å². The number of nitrogens with zero attached hydrogens (tertiary/aromatic N) is 1. The maximum atomic E-state index is 13.5. The maximum Gasteiger partial charge on any atom is 0.232 e. The number of ether oxygens (including phenoxy) is 3. The van der Waals surface area contributed by atoms with Crippen molar-refractivity contribution in [3.8, 4) is 17.2 Å². The summed E-state index contributed by atoms with van der Waals surface area (Å²) in [5.74, 6) is 1.16. The van der Waals surface area contributed by atoms with Crippen molar-refractivity contribution in [2.45, 2.75) is 38.5 Å². The van der Waals surface area contributed by atoms with E-state index in [1.165, 1.54) is 0 Å². The van der Waals surface area contributed by atoms with Crippen LogP contribution in [0.5, 0.6) is 17.2 Å². The summed E-state index contributed by atoms with van der Waals surface area (Å²) in [7, 11) is 4.67. The van der Waals surface area contributed by atoms with Crippen molar-refractivity contribution in [3.05, 3.63) is 57.8 Å². The van der Waals surface area contributed by atoms with Gasteiger partial charge in [-0.25, -0.2) is 0 Å². The predicted molar refractivity (Wildman–Crippen MR) is 123 cm³/mol. The summed E-state index contributed by atoms with van der Waals surface area (Å²) in [6.45, 7) is 1.92. The van der Waals surface area contributed by atoms with Gasteiger partial charge in [-0.1, -0.05) is 17.7 Å². The van der Waals surface area contributed by atoms with E-state index >= 15 is 0 Å². The topological polar surface area (TPSA) is 65.1 Å². The summed E-state index contributed by atoms with van der Waals surface area (Å²) in [5, 5.41) is 0.586. The van der Waals surface area contributed by atoms with Gasteiger partial charge in [0.15, 0.2) is 17.3 Å². The first-order chi connectivity index (χ1) is 15.4. The summed E-state index contributed by atoms with van der Waals surface area (Å²) in [4.78, 5) is 28.3. The maximum absolute atomic E-state index is 13.5. The fourth-order valence-electron chi connectivity index (χ4n) is 4.60. The molecule has 2 aromatic rings. The zero-order valence-corrected chi connectivity index (χ0v) is 19.4. The molecule has 0 radical (unpaired) electrons. The van der Waals surface area contributed by atoms with Crippen molar-refractivity contribution in [2.24, 2.45) is 0 Å². The third-order valence-electron chi connectivity index (χ3n) is 6.20. The van der Waals surface area contributed by atoms with Crippen LogP contribution in [-0.4, -0.2) is 33.0 Å². The van der Waals surface area contributed by atoms with Crippen LogP contribution in [0.1, 0.15) is 42.7 Å². The molecule has 4 rings (SSSR count). The van der Waals surface area contributed by atoms with Crippen molar-refractivity contribution in [1.29, 1.82) is 0 Å². The molecule has 0 saturated carbocycles. The number of halogens is 1. The van der Waals surface area contributed by atoms with Crippen molar-refractivity contribution < 1.29 is 23.8 Å². The van der Waals surface area contributed by atoms with Crippen LogP contribution >= 0.6 is 11.6 Å². The zero-order valence-electron chi connectivity index (χ0n) is 18.7. The Labute approximate surface area is 192 Å². The number of rotatable bonds is 5. The number of amides is 1. The highest BCUT2D eigenvalue weighted by Gasteiger charge is 2.41. The number of aryl methyl sites for hydroxylation is 1. The van der Waals surface area contributed by atoms with Gasteiger partial charge < -0.3 is 14.2 Å². The molecule has 168 valence electrons. The van der Waals surface area contributed by atoms with Gasteiger partial charge in [0.1, 0.15) is 5.75 Å². The number of allylic oxidation sites excluding steroid dienone is 2. The average Bonchev–Trinajstić information content (AvgIpc) is 2.79. The van der Waals surface area contributed by atoms with Crippen LogP contribution in [0.2, 0.25) is 5.02 Å². The highest BCUT2D eigenvalue weighted by atomic mass is 35.5. The number of hydrogen-bond donors (Lipinski definition) is 0. The molecule has 1 heterocycles. The van der Waals surface area contributed by atoms with Crippen LogP contribution in [-0.2, 0) is 9.59 Å². The number of ketones is 1. The first kappa shape index (κ1) is 22.2. The Morgan fingerprint density at radius 1 is 0.938 bits per heavy atom. The van der Waals surface area contributed by atoms with E-state index in [0.29, 0.717) is 52.8 Å². The highest BCUT2D eigenvalue weighted by molar-refractivity contribution is 6.31. The fourth-order valence-corrected chi connectivity index (χ4v) is 4.78. The molecule has 7 heteroatoms. The number of methoxy groups -OCH3 is 3. The minimum atomic E-state index is -0.419. The lowest BCUT2D eigenvalue weighted by Crippen LogP contribution is -2.40. The standard InChI is InChI=1S/C25H26ClNO5/c1-14-8-9-15(10-18(14)26)27-19-6-5-7-20(28)25(19)17(12-24(27)29)16-11-22(31-3)23(32-4)13-21(16)30-2/h8-11,13,17H,5-7,12H2,1-4H3. The van der Waals surface area contributed by atoms with Crippen molar-refractivity contribution in [3.63, 3.8) is 0 Å². The van der Waals surface area contributed by atoms with Crippen LogP contribution < -0.4 is 19.1 Å². The first-order valence-electron chi connectivity index (χ1n) is 10.5. The molecule has 1 aliphatic carbocycles. The van der Waals surface area contributed by atoms with Crippen LogP contribution in [0.4, 0.5) is 5.69 Å². The molecular formula is C25H26ClNO5. The van der Waals surface area contributed by atoms with E-state index in [9.17, 15) is 9.59 Å². The number of benzene rings is 2. The van der Waals surface area contributed by atoms with Crippen molar-refractivity contribution in [1.82, 2.24) is 0 Å². The molecule has 6 nitrogen and oxygen atoms in total. The molecule has 0 bridgehead atoms. The van der Waals surface area contributed by atoms with Gasteiger partial charge in [0.05, 0.1) is 27.0 Å². The van der Waals surface area contributed by atoms with Crippen LogP contribution in [0.25, 0.3) is 0 Å². The number of anilines is 1. The molecule has 0 spiro atoms. The van der Waals surface area contributed by atoms with Gasteiger partial charge in [-0.3, -0.25) is 14.5 Å². The molecule has 0 N–H and O–H groups in total. The van der Waals surface area contributed by atoms with Gasteiger partial charge in [0.2, 0.25) is 5.91 Å². The number of carbonyl (C=O) groups is 2. The smallest absolute Gasteiger partial charge is 0.232 e. The monoisotopic (exact) mass is 455 g/mol. The summed E-state index contributed by atoms with van der Waals surface area (Å²) in [5.41, 5.74) is 3.77. The molecule has 1 unspecified atom stereocenters. The lowest BCUT2D eigenvalue weighted by Gasteiger charge is -2.38. The van der Waals surface area contributed by atoms with Gasteiger partial charge in [-0.15, -0.1) is 0 Å². The third kappa shape index (κ3) is 3.73. The first-order valence-corrected chi connectivity index (χ1v) is 10.9. The third-order valence-corrected chi connectivity index (χ3v) is 6.61. The van der Waals surface area contributed by atoms with Gasteiger partial charge >= 0.3 is 0 Å². The van der Waals surface area contributed by atoms with E-state index in [-0.39, 0.29) is 18.1 Å². The lowest BCUT2D eigenvalue weighted by atomic mass is 9.76. The van der Waals surface area contributed by atoms with E-state index in [0.717, 1.165) is 16.8 Å². The minimum absolute atomic E-state index is 0.0591. The van der Waals surface area contributed by atoms with Crippen LogP contribution in [0.3, 0.4) is 0 Å². The van der Waals surface area contributed by atoms with Gasteiger partial charge in [-0.05, 0) is 43.5 Å². The Bertz CT molecular complexity index is 1120. The Balaban J connectivity index is 1.90. The van der Waals surface area contributed by atoms with Gasteiger partial charge in [0, 0.05) is 46.7 Å². The second-order valence-corrected chi connectivity index (χ2v) is 8.41. The van der Waals surface area contributed by atoms with Crippen molar-refractivity contribution in [2.75, 3.05) is 26.2 Å². The molecule has 1 aliphatic heterocycles. The summed E-state index contributed by atoms with van der Waals surface area (Å²) < 4.78 is 16.5. The fraction of sp³-hybridized carbons (Fsp3) is 0.360. The second kappa shape index (κ2) is 8.87. The average molecular weight is 456 g/mol. The predicted octanol–water partition coefficient (Wildman–Crippen LogP) is 5.20. The van der Waals surface area contributed by atoms with Crippen molar-refractivity contribution >= 4 is 29.0 Å². The van der Waals surface area contributed by atoms with E-state index < -0.39 is 5.92 Å². The van der Waals surface area contributed by atoms with Crippen LogP contribution in [0.15, 0.2) is 41.6 Å². The summed E-state index contributed by atoms with van der Waals surface area (Å²) in [6, 6.07) is 9.09. The molecule has 0 aromatic heterocycles.